The maximum atomic E-state index is 14.1. The summed E-state index contributed by atoms with van der Waals surface area (Å²) in [5.41, 5.74) is -0.782. The molecule has 1 unspecified atom stereocenters. The zero-order chi connectivity index (χ0) is 26.3. The largest absolute Gasteiger partial charge is 0.495 e. The van der Waals surface area contributed by atoms with E-state index in [0.29, 0.717) is 37.4 Å². The maximum Gasteiger partial charge on any atom is 0.418 e. The predicted octanol–water partition coefficient (Wildman–Crippen LogP) is 2.29. The molecule has 8 nitrogen and oxygen atoms in total. The Bertz CT molecular complexity index is 1070. The van der Waals surface area contributed by atoms with E-state index < -0.39 is 47.4 Å². The number of carbonyl (C=O) groups excluding carboxylic acids is 1. The Morgan fingerprint density at radius 3 is 2.61 bits per heavy atom. The summed E-state index contributed by atoms with van der Waals surface area (Å²) in [6.07, 6.45) is -7.48. The number of rotatable bonds is 5. The van der Waals surface area contributed by atoms with Crippen molar-refractivity contribution in [3.8, 4) is 0 Å². The van der Waals surface area contributed by atoms with Gasteiger partial charge in [0, 0.05) is 30.6 Å². The number of ether oxygens (including phenoxy) is 2. The van der Waals surface area contributed by atoms with Crippen molar-refractivity contribution in [2.45, 2.75) is 49.7 Å². The first-order chi connectivity index (χ1) is 16.9. The highest BCUT2D eigenvalue weighted by Gasteiger charge is 2.47. The van der Waals surface area contributed by atoms with E-state index in [1.165, 1.54) is 18.2 Å². The highest BCUT2D eigenvalue weighted by atomic mass is 19.4. The molecule has 4 rings (SSSR count). The number of hydrogen-bond acceptors (Lipinski definition) is 6. The van der Waals surface area contributed by atoms with Crippen LogP contribution in [0.2, 0.25) is 0 Å². The van der Waals surface area contributed by atoms with Gasteiger partial charge in [-0.05, 0) is 30.5 Å². The van der Waals surface area contributed by atoms with Crippen LogP contribution in [0.5, 0.6) is 0 Å². The third-order valence-corrected chi connectivity index (χ3v) is 6.94. The Morgan fingerprint density at radius 2 is 2.00 bits per heavy atom. The lowest BCUT2D eigenvalue weighted by molar-refractivity contribution is -0.192. The Morgan fingerprint density at radius 1 is 1.31 bits per heavy atom. The highest BCUT2D eigenvalue weighted by molar-refractivity contribution is 5.77. The van der Waals surface area contributed by atoms with E-state index in [2.05, 4.69) is 10.6 Å². The summed E-state index contributed by atoms with van der Waals surface area (Å²) in [5.74, 6) is -0.785. The first-order valence-corrected chi connectivity index (χ1v) is 11.6. The van der Waals surface area contributed by atoms with Crippen molar-refractivity contribution in [3.63, 3.8) is 0 Å². The number of aliphatic hydroxyl groups is 2. The van der Waals surface area contributed by atoms with E-state index in [-0.39, 0.29) is 24.3 Å². The number of benzene rings is 1. The highest BCUT2D eigenvalue weighted by Crippen LogP contribution is 2.40. The van der Waals surface area contributed by atoms with Gasteiger partial charge in [-0.25, -0.2) is 9.18 Å². The molecule has 1 saturated heterocycles. The van der Waals surface area contributed by atoms with E-state index >= 15 is 0 Å². The smallest absolute Gasteiger partial charge is 0.418 e. The molecule has 2 amide bonds. The molecule has 1 fully saturated rings. The van der Waals surface area contributed by atoms with E-state index in [4.69, 9.17) is 9.47 Å². The van der Waals surface area contributed by atoms with Crippen molar-refractivity contribution in [1.29, 1.82) is 0 Å². The van der Waals surface area contributed by atoms with Crippen LogP contribution in [0, 0.1) is 5.82 Å². The molecule has 2 aliphatic carbocycles. The van der Waals surface area contributed by atoms with Gasteiger partial charge < -0.3 is 30.3 Å². The van der Waals surface area contributed by atoms with Crippen molar-refractivity contribution < 1.29 is 42.0 Å². The van der Waals surface area contributed by atoms with E-state index in [1.54, 1.807) is 13.0 Å². The molecule has 0 saturated carbocycles. The Hall–Kier alpha value is -2.67. The van der Waals surface area contributed by atoms with Crippen molar-refractivity contribution in [1.82, 2.24) is 15.5 Å². The number of amides is 2. The predicted molar refractivity (Wildman–Crippen MR) is 120 cm³/mol. The van der Waals surface area contributed by atoms with Gasteiger partial charge in [0.25, 0.3) is 0 Å². The molecular weight excluding hydrogens is 486 g/mol. The number of alkyl halides is 3. The van der Waals surface area contributed by atoms with E-state index in [0.717, 1.165) is 7.11 Å². The average Bonchev–Trinajstić information content (AvgIpc) is 3.14. The van der Waals surface area contributed by atoms with Gasteiger partial charge >= 0.3 is 12.2 Å². The fourth-order valence-corrected chi connectivity index (χ4v) is 5.15. The molecule has 3 aliphatic rings. The minimum atomic E-state index is -4.96. The van der Waals surface area contributed by atoms with Crippen molar-refractivity contribution in [2.75, 3.05) is 33.4 Å². The summed E-state index contributed by atoms with van der Waals surface area (Å²) >= 11 is 0. The van der Waals surface area contributed by atoms with Gasteiger partial charge in [-0.15, -0.1) is 0 Å². The topological polar surface area (TPSA) is 103 Å². The van der Waals surface area contributed by atoms with Crippen LogP contribution in [0.4, 0.5) is 22.4 Å². The number of nitrogens with one attached hydrogen (secondary N) is 2. The Kier molecular flexibility index (Phi) is 7.33. The van der Waals surface area contributed by atoms with Crippen LogP contribution < -0.4 is 10.6 Å². The number of morpholine rings is 1. The number of methoxy groups -OCH3 is 1. The lowest BCUT2D eigenvalue weighted by Gasteiger charge is -2.45. The van der Waals surface area contributed by atoms with Crippen LogP contribution in [-0.4, -0.2) is 78.4 Å². The Labute approximate surface area is 205 Å². The molecule has 0 spiro atoms. The third-order valence-electron chi connectivity index (χ3n) is 6.94. The first-order valence-electron chi connectivity index (χ1n) is 11.6. The summed E-state index contributed by atoms with van der Waals surface area (Å²) in [5, 5.41) is 25.8. The van der Waals surface area contributed by atoms with Gasteiger partial charge in [0.15, 0.2) is 6.10 Å². The lowest BCUT2D eigenvalue weighted by atomic mass is 9.83. The van der Waals surface area contributed by atoms with Gasteiger partial charge in [-0.2, -0.15) is 13.2 Å². The summed E-state index contributed by atoms with van der Waals surface area (Å²) < 4.78 is 65.3. The minimum Gasteiger partial charge on any atom is -0.495 e. The van der Waals surface area contributed by atoms with Gasteiger partial charge in [0.1, 0.15) is 11.6 Å². The van der Waals surface area contributed by atoms with Crippen LogP contribution in [0.3, 0.4) is 0 Å². The second-order valence-corrected chi connectivity index (χ2v) is 9.35. The molecule has 1 aromatic carbocycles. The minimum absolute atomic E-state index is 0.0426. The maximum absolute atomic E-state index is 14.1. The fourth-order valence-electron chi connectivity index (χ4n) is 5.15. The standard InChI is InChI=1S/C24H29F4N3O5/c1-23(31-6-8-36-9-7-31)11-15(21(33)24(26,27)28)20(35-2)18(12-23)30-22(34)29-17-10-14-13(19(17)32)4-3-5-16(14)25/h3-5,11,17,19,21,32-33H,6-10,12H2,1-2H3,(H2,29,30,34)/t17-,19+,21+,23?/m1/s1. The first kappa shape index (κ1) is 26.4. The zero-order valence-corrected chi connectivity index (χ0v) is 19.9. The SMILES string of the molecule is COC1=C(NC(=O)N[C@@H]2Cc3c(F)cccc3[C@@H]2O)CC(C)(N2CCOCC2)C=C1[C@H](O)C(F)(F)F. The lowest BCUT2D eigenvalue weighted by Crippen LogP contribution is -2.54. The van der Waals surface area contributed by atoms with Crippen LogP contribution in [0.25, 0.3) is 0 Å². The van der Waals surface area contributed by atoms with E-state index in [9.17, 15) is 32.6 Å². The summed E-state index contributed by atoms with van der Waals surface area (Å²) in [6.45, 7) is 3.39. The van der Waals surface area contributed by atoms with Gasteiger partial charge in [-0.3, -0.25) is 4.90 Å². The number of hydrogen-bond donors (Lipinski definition) is 4. The van der Waals surface area contributed by atoms with Gasteiger partial charge in [-0.1, -0.05) is 18.2 Å². The molecular formula is C24H29F4N3O5. The molecule has 1 heterocycles. The van der Waals surface area contributed by atoms with Crippen LogP contribution in [-0.2, 0) is 15.9 Å². The third kappa shape index (κ3) is 5.08. The molecule has 1 aliphatic heterocycles. The van der Waals surface area contributed by atoms with Gasteiger partial charge in [0.05, 0.1) is 38.2 Å². The molecule has 12 heteroatoms. The molecule has 4 atom stereocenters. The quantitative estimate of drug-likeness (QED) is 0.449. The second-order valence-electron chi connectivity index (χ2n) is 9.35. The van der Waals surface area contributed by atoms with E-state index in [1.807, 2.05) is 4.90 Å². The van der Waals surface area contributed by atoms with Crippen molar-refractivity contribution in [3.05, 3.63) is 58.2 Å². The van der Waals surface area contributed by atoms with Crippen molar-refractivity contribution in [2.24, 2.45) is 0 Å². The normalized spacial score (nSPS) is 27.8. The van der Waals surface area contributed by atoms with Crippen LogP contribution >= 0.6 is 0 Å². The van der Waals surface area contributed by atoms with Crippen LogP contribution in [0.15, 0.2) is 41.3 Å². The Balaban J connectivity index is 1.59. The number of nitrogens with zero attached hydrogens (tertiary/aromatic N) is 1. The fraction of sp³-hybridized carbons (Fsp3) is 0.542. The summed E-state index contributed by atoms with van der Waals surface area (Å²) in [6, 6.07) is 2.65. The molecule has 0 aromatic heterocycles. The number of fused-ring (bicyclic) bond motifs is 1. The summed E-state index contributed by atoms with van der Waals surface area (Å²) in [4.78, 5) is 14.8. The second kappa shape index (κ2) is 10.0. The molecule has 1 aromatic rings. The number of halogens is 4. The number of aliphatic hydroxyl groups excluding tert-OH is 2. The molecule has 0 bridgehead atoms. The average molecular weight is 516 g/mol. The molecule has 36 heavy (non-hydrogen) atoms. The number of urea groups is 1. The van der Waals surface area contributed by atoms with Crippen LogP contribution in [0.1, 0.15) is 30.6 Å². The molecule has 198 valence electrons. The monoisotopic (exact) mass is 515 g/mol. The zero-order valence-electron chi connectivity index (χ0n) is 19.9. The number of carbonyl (C=O) groups is 1. The summed E-state index contributed by atoms with van der Waals surface area (Å²) in [7, 11) is 1.16. The van der Waals surface area contributed by atoms with Crippen molar-refractivity contribution >= 4 is 6.03 Å². The molecule has 0 radical (unpaired) electrons. The van der Waals surface area contributed by atoms with Gasteiger partial charge in [0.2, 0.25) is 0 Å². The molecule has 4 N–H and O–H groups in total.